The molecule has 0 heterocycles. The van der Waals surface area contributed by atoms with E-state index in [4.69, 9.17) is 24.4 Å². The van der Waals surface area contributed by atoms with Crippen LogP contribution in [0, 0.1) is 0 Å². The van der Waals surface area contributed by atoms with Crippen molar-refractivity contribution in [3.05, 3.63) is 96.1 Å². The number of nitrogens with one attached hydrogen (secondary N) is 4. The van der Waals surface area contributed by atoms with Crippen molar-refractivity contribution in [3.63, 3.8) is 0 Å². The van der Waals surface area contributed by atoms with Gasteiger partial charge < -0.3 is 10.6 Å². The summed E-state index contributed by atoms with van der Waals surface area (Å²) in [5.74, 6) is -0.756. The molecule has 0 atom stereocenters. The lowest BCUT2D eigenvalue weighted by molar-refractivity contribution is 0.0965. The molecule has 6 nitrogen and oxygen atoms in total. The quantitative estimate of drug-likeness (QED) is 0.466. The highest BCUT2D eigenvalue weighted by Gasteiger charge is 2.11. The van der Waals surface area contributed by atoms with Crippen molar-refractivity contribution in [1.82, 2.24) is 10.6 Å². The minimum atomic E-state index is -0.378. The van der Waals surface area contributed by atoms with Crippen LogP contribution < -0.4 is 21.3 Å². The van der Waals surface area contributed by atoms with Gasteiger partial charge >= 0.3 is 0 Å². The van der Waals surface area contributed by atoms with E-state index in [9.17, 15) is 9.59 Å². The molecule has 3 aromatic rings. The molecular weight excluding hydrogens is 416 g/mol. The lowest BCUT2D eigenvalue weighted by atomic mass is 10.1. The number of benzene rings is 3. The largest absolute Gasteiger partial charge is 0.332 e. The van der Waals surface area contributed by atoms with E-state index in [2.05, 4.69) is 21.3 Å². The standard InChI is InChI=1S/C22H18N4O2S2/c27-19(25-21(29)23-17-7-3-1-4-8-17)15-11-13-16(14-12-15)20(28)26-22(30)24-18-9-5-2-6-10-18/h1-14H,(H2,23,25,27,29)(H2,24,26,28,30). The molecule has 0 fully saturated rings. The Morgan fingerprint density at radius 2 is 0.867 bits per heavy atom. The van der Waals surface area contributed by atoms with Crippen molar-refractivity contribution < 1.29 is 9.59 Å². The third-order valence-corrected chi connectivity index (χ3v) is 4.33. The van der Waals surface area contributed by atoms with Crippen molar-refractivity contribution in [3.8, 4) is 0 Å². The van der Waals surface area contributed by atoms with E-state index >= 15 is 0 Å². The topological polar surface area (TPSA) is 82.3 Å². The number of thiocarbonyl (C=S) groups is 2. The normalized spacial score (nSPS) is 9.87. The summed E-state index contributed by atoms with van der Waals surface area (Å²) in [6.07, 6.45) is 0. The Balaban J connectivity index is 1.53. The van der Waals surface area contributed by atoms with Crippen LogP contribution in [0.5, 0.6) is 0 Å². The second-order valence-electron chi connectivity index (χ2n) is 6.13. The van der Waals surface area contributed by atoms with E-state index in [0.29, 0.717) is 11.1 Å². The van der Waals surface area contributed by atoms with E-state index in [-0.39, 0.29) is 22.0 Å². The fraction of sp³-hybridized carbons (Fsp3) is 0. The van der Waals surface area contributed by atoms with Gasteiger partial charge in [0.25, 0.3) is 11.8 Å². The minimum Gasteiger partial charge on any atom is -0.332 e. The summed E-state index contributed by atoms with van der Waals surface area (Å²) in [7, 11) is 0. The van der Waals surface area contributed by atoms with Gasteiger partial charge in [0.05, 0.1) is 0 Å². The molecule has 3 aromatic carbocycles. The fourth-order valence-electron chi connectivity index (χ4n) is 2.49. The van der Waals surface area contributed by atoms with Crippen LogP contribution in [-0.4, -0.2) is 22.0 Å². The summed E-state index contributed by atoms with van der Waals surface area (Å²) >= 11 is 10.3. The average molecular weight is 435 g/mol. The van der Waals surface area contributed by atoms with Crippen molar-refractivity contribution in [2.75, 3.05) is 10.6 Å². The third-order valence-electron chi connectivity index (χ3n) is 3.93. The van der Waals surface area contributed by atoms with Crippen molar-refractivity contribution in [2.24, 2.45) is 0 Å². The Morgan fingerprint density at radius 1 is 0.533 bits per heavy atom. The molecule has 0 radical (unpaired) electrons. The summed E-state index contributed by atoms with van der Waals surface area (Å²) in [5, 5.41) is 11.4. The molecule has 0 spiro atoms. The van der Waals surface area contributed by atoms with Gasteiger partial charge in [0, 0.05) is 22.5 Å². The molecule has 0 aromatic heterocycles. The van der Waals surface area contributed by atoms with E-state index < -0.39 is 0 Å². The van der Waals surface area contributed by atoms with Gasteiger partial charge in [0.1, 0.15) is 0 Å². The molecule has 0 aliphatic rings. The highest BCUT2D eigenvalue weighted by Crippen LogP contribution is 2.08. The maximum absolute atomic E-state index is 12.3. The highest BCUT2D eigenvalue weighted by atomic mass is 32.1. The van der Waals surface area contributed by atoms with Crippen molar-refractivity contribution in [2.45, 2.75) is 0 Å². The van der Waals surface area contributed by atoms with E-state index in [1.54, 1.807) is 24.3 Å². The zero-order valence-corrected chi connectivity index (χ0v) is 17.3. The Kier molecular flexibility index (Phi) is 7.20. The van der Waals surface area contributed by atoms with Crippen molar-refractivity contribution in [1.29, 1.82) is 0 Å². The maximum atomic E-state index is 12.3. The Morgan fingerprint density at radius 3 is 1.20 bits per heavy atom. The summed E-state index contributed by atoms with van der Waals surface area (Å²) in [5.41, 5.74) is 2.28. The molecule has 3 rings (SSSR count). The Hall–Kier alpha value is -3.62. The molecule has 0 saturated heterocycles. The van der Waals surface area contributed by atoms with Crippen LogP contribution in [0.1, 0.15) is 20.7 Å². The van der Waals surface area contributed by atoms with Crippen molar-refractivity contribution >= 4 is 57.8 Å². The summed E-state index contributed by atoms with van der Waals surface area (Å²) in [4.78, 5) is 24.7. The summed E-state index contributed by atoms with van der Waals surface area (Å²) < 4.78 is 0. The molecule has 0 unspecified atom stereocenters. The Labute approximate surface area is 184 Å². The first-order chi connectivity index (χ1) is 14.5. The zero-order valence-electron chi connectivity index (χ0n) is 15.7. The highest BCUT2D eigenvalue weighted by molar-refractivity contribution is 7.80. The minimum absolute atomic E-state index is 0.186. The SMILES string of the molecule is O=C(NC(=S)Nc1ccccc1)c1ccc(C(=O)NC(=S)Nc2ccccc2)cc1. The molecule has 0 aliphatic carbocycles. The second kappa shape index (κ2) is 10.2. The van der Waals surface area contributed by atoms with Crippen LogP contribution in [0.25, 0.3) is 0 Å². The maximum Gasteiger partial charge on any atom is 0.257 e. The fourth-order valence-corrected chi connectivity index (χ4v) is 2.91. The van der Waals surface area contributed by atoms with E-state index in [1.807, 2.05) is 60.7 Å². The lowest BCUT2D eigenvalue weighted by Gasteiger charge is -2.11. The summed E-state index contributed by atoms with van der Waals surface area (Å²) in [6.45, 7) is 0. The van der Waals surface area contributed by atoms with Crippen LogP contribution in [0.15, 0.2) is 84.9 Å². The van der Waals surface area contributed by atoms with Gasteiger partial charge in [-0.05, 0) is 73.0 Å². The number of hydrogen-bond acceptors (Lipinski definition) is 4. The monoisotopic (exact) mass is 434 g/mol. The number of anilines is 2. The molecular formula is C22H18N4O2S2. The van der Waals surface area contributed by atoms with Gasteiger partial charge in [0.2, 0.25) is 0 Å². The number of carbonyl (C=O) groups is 2. The number of rotatable bonds is 4. The predicted octanol–water partition coefficient (Wildman–Crippen LogP) is 3.94. The predicted molar refractivity (Wildman–Crippen MR) is 127 cm³/mol. The smallest absolute Gasteiger partial charge is 0.257 e. The van der Waals surface area contributed by atoms with Gasteiger partial charge in [-0.25, -0.2) is 0 Å². The lowest BCUT2D eigenvalue weighted by Crippen LogP contribution is -2.35. The molecule has 0 bridgehead atoms. The first-order valence-electron chi connectivity index (χ1n) is 8.96. The zero-order chi connectivity index (χ0) is 21.3. The number of para-hydroxylation sites is 2. The van der Waals surface area contributed by atoms with Gasteiger partial charge in [0.15, 0.2) is 10.2 Å². The van der Waals surface area contributed by atoms with Gasteiger partial charge in [-0.2, -0.15) is 0 Å². The van der Waals surface area contributed by atoms with Gasteiger partial charge in [-0.1, -0.05) is 36.4 Å². The van der Waals surface area contributed by atoms with Crippen LogP contribution >= 0.6 is 24.4 Å². The average Bonchev–Trinajstić information content (AvgIpc) is 2.75. The van der Waals surface area contributed by atoms with Gasteiger partial charge in [-0.3, -0.25) is 20.2 Å². The van der Waals surface area contributed by atoms with Crippen LogP contribution in [0.4, 0.5) is 11.4 Å². The van der Waals surface area contributed by atoms with E-state index in [1.165, 1.54) is 0 Å². The first kappa shape index (κ1) is 21.1. The molecule has 0 aliphatic heterocycles. The van der Waals surface area contributed by atoms with Crippen LogP contribution in [0.2, 0.25) is 0 Å². The number of carbonyl (C=O) groups excluding carboxylic acids is 2. The molecule has 0 saturated carbocycles. The molecule has 150 valence electrons. The molecule has 30 heavy (non-hydrogen) atoms. The number of hydrogen-bond donors (Lipinski definition) is 4. The second-order valence-corrected chi connectivity index (χ2v) is 6.94. The Bertz CT molecular complexity index is 969. The molecule has 2 amide bonds. The summed E-state index contributed by atoms with van der Waals surface area (Å²) in [6, 6.07) is 24.7. The molecule has 8 heteroatoms. The van der Waals surface area contributed by atoms with Crippen LogP contribution in [0.3, 0.4) is 0 Å². The first-order valence-corrected chi connectivity index (χ1v) is 9.78. The van der Waals surface area contributed by atoms with Crippen LogP contribution in [-0.2, 0) is 0 Å². The van der Waals surface area contributed by atoms with E-state index in [0.717, 1.165) is 11.4 Å². The number of amides is 2. The van der Waals surface area contributed by atoms with Gasteiger partial charge in [-0.15, -0.1) is 0 Å². The molecule has 4 N–H and O–H groups in total. The third kappa shape index (κ3) is 6.20.